The number of nitrogens with two attached hydrogens (primary N) is 1. The quantitative estimate of drug-likeness (QED) is 0.581. The smallest absolute Gasteiger partial charge is 0.166 e. The van der Waals surface area contributed by atoms with Crippen LogP contribution in [0.15, 0.2) is 36.7 Å². The second kappa shape index (κ2) is 9.71. The molecule has 1 aromatic heterocycles. The third-order valence-electron chi connectivity index (χ3n) is 4.77. The van der Waals surface area contributed by atoms with E-state index >= 15 is 0 Å². The molecular weight excluding hydrogens is 395 g/mol. The molecule has 1 aliphatic heterocycles. The number of nitrogen functional groups attached to an aromatic ring is 1. The van der Waals surface area contributed by atoms with Crippen LogP contribution >= 0.6 is 11.6 Å². The van der Waals surface area contributed by atoms with Gasteiger partial charge in [-0.3, -0.25) is 0 Å². The summed E-state index contributed by atoms with van der Waals surface area (Å²) in [6, 6.07) is 6.14. The van der Waals surface area contributed by atoms with Crippen molar-refractivity contribution in [3.05, 3.63) is 58.6 Å². The minimum atomic E-state index is -0.537. The summed E-state index contributed by atoms with van der Waals surface area (Å²) >= 11 is 6.17. The SMILES string of the molecule is CC(Oc1cc(/C(C=N)=C/NC2CCOCC2)cnc1N)c1cc(F)ccc1Cl. The lowest BCUT2D eigenvalue weighted by Gasteiger charge is -2.22. The van der Waals surface area contributed by atoms with E-state index in [1.165, 1.54) is 24.4 Å². The Morgan fingerprint density at radius 2 is 2.17 bits per heavy atom. The van der Waals surface area contributed by atoms with Crippen LogP contribution in [-0.2, 0) is 4.74 Å². The number of ether oxygens (including phenoxy) is 2. The van der Waals surface area contributed by atoms with E-state index in [4.69, 9.17) is 32.2 Å². The Morgan fingerprint density at radius 3 is 2.90 bits per heavy atom. The first-order valence-corrected chi connectivity index (χ1v) is 9.77. The summed E-state index contributed by atoms with van der Waals surface area (Å²) in [4.78, 5) is 4.18. The standard InChI is InChI=1S/C21H24ClFN4O2/c1-13(18-9-16(23)2-3-19(18)22)29-20-8-14(11-27-21(20)25)15(10-24)12-26-17-4-6-28-7-5-17/h2-3,8-13,17,24,26H,4-7H2,1H3,(H2,25,27)/b15-12+,24-10?. The molecule has 0 amide bonds. The first-order chi connectivity index (χ1) is 14.0. The number of hydrogen-bond acceptors (Lipinski definition) is 6. The molecule has 0 saturated carbocycles. The van der Waals surface area contributed by atoms with Crippen molar-refractivity contribution in [3.63, 3.8) is 0 Å². The predicted octanol–water partition coefficient (Wildman–Crippen LogP) is 4.36. The van der Waals surface area contributed by atoms with Crippen LogP contribution < -0.4 is 15.8 Å². The highest BCUT2D eigenvalue weighted by Gasteiger charge is 2.16. The molecule has 1 saturated heterocycles. The summed E-state index contributed by atoms with van der Waals surface area (Å²) in [6.45, 7) is 3.22. The number of pyridine rings is 1. The number of nitrogens with one attached hydrogen (secondary N) is 2. The molecule has 1 unspecified atom stereocenters. The Balaban J connectivity index is 1.79. The molecule has 1 aliphatic rings. The van der Waals surface area contributed by atoms with E-state index in [-0.39, 0.29) is 5.82 Å². The number of rotatable bonds is 7. The Hall–Kier alpha value is -2.64. The van der Waals surface area contributed by atoms with Crippen molar-refractivity contribution in [3.8, 4) is 5.75 Å². The molecule has 4 N–H and O–H groups in total. The summed E-state index contributed by atoms with van der Waals surface area (Å²) in [6.07, 6.45) is 5.93. The van der Waals surface area contributed by atoms with E-state index < -0.39 is 11.9 Å². The minimum Gasteiger partial charge on any atom is -0.482 e. The van der Waals surface area contributed by atoms with E-state index in [1.807, 2.05) is 0 Å². The van der Waals surface area contributed by atoms with Gasteiger partial charge < -0.3 is 25.9 Å². The number of halogens is 2. The van der Waals surface area contributed by atoms with E-state index in [0.717, 1.165) is 26.1 Å². The lowest BCUT2D eigenvalue weighted by Crippen LogP contribution is -2.31. The molecule has 1 aromatic carbocycles. The van der Waals surface area contributed by atoms with Crippen LogP contribution in [-0.4, -0.2) is 30.5 Å². The maximum absolute atomic E-state index is 13.6. The number of anilines is 1. The van der Waals surface area contributed by atoms with Gasteiger partial charge in [-0.05, 0) is 44.0 Å². The molecule has 0 radical (unpaired) electrons. The van der Waals surface area contributed by atoms with Gasteiger partial charge in [-0.2, -0.15) is 0 Å². The monoisotopic (exact) mass is 418 g/mol. The van der Waals surface area contributed by atoms with Crippen LogP contribution in [0.4, 0.5) is 10.2 Å². The zero-order chi connectivity index (χ0) is 20.8. The Morgan fingerprint density at radius 1 is 1.41 bits per heavy atom. The average molecular weight is 419 g/mol. The molecule has 2 aromatic rings. The molecule has 0 aliphatic carbocycles. The third kappa shape index (κ3) is 5.46. The second-order valence-corrected chi connectivity index (χ2v) is 7.24. The molecule has 0 spiro atoms. The van der Waals surface area contributed by atoms with Crippen molar-refractivity contribution in [2.24, 2.45) is 0 Å². The van der Waals surface area contributed by atoms with Crippen LogP contribution in [0.5, 0.6) is 5.75 Å². The van der Waals surface area contributed by atoms with Gasteiger partial charge in [0.05, 0.1) is 0 Å². The highest BCUT2D eigenvalue weighted by atomic mass is 35.5. The Labute approximate surface area is 174 Å². The number of aromatic nitrogens is 1. The maximum atomic E-state index is 13.6. The van der Waals surface area contributed by atoms with Gasteiger partial charge in [-0.1, -0.05) is 11.6 Å². The highest BCUT2D eigenvalue weighted by Crippen LogP contribution is 2.31. The van der Waals surface area contributed by atoms with Gasteiger partial charge in [0.25, 0.3) is 0 Å². The maximum Gasteiger partial charge on any atom is 0.166 e. The molecule has 154 valence electrons. The van der Waals surface area contributed by atoms with Crippen molar-refractivity contribution in [1.29, 1.82) is 5.41 Å². The molecule has 0 bridgehead atoms. The van der Waals surface area contributed by atoms with Gasteiger partial charge in [0.1, 0.15) is 11.9 Å². The van der Waals surface area contributed by atoms with Crippen molar-refractivity contribution < 1.29 is 13.9 Å². The average Bonchev–Trinajstić information content (AvgIpc) is 2.73. The molecular formula is C21H24ClFN4O2. The highest BCUT2D eigenvalue weighted by molar-refractivity contribution is 6.31. The zero-order valence-corrected chi connectivity index (χ0v) is 16.9. The number of benzene rings is 1. The van der Waals surface area contributed by atoms with Crippen LogP contribution in [0.2, 0.25) is 5.02 Å². The van der Waals surface area contributed by atoms with E-state index in [1.54, 1.807) is 25.4 Å². The van der Waals surface area contributed by atoms with Crippen LogP contribution in [0, 0.1) is 11.2 Å². The fraction of sp³-hybridized carbons (Fsp3) is 0.333. The summed E-state index contributed by atoms with van der Waals surface area (Å²) < 4.78 is 24.9. The number of hydrogen-bond donors (Lipinski definition) is 3. The minimum absolute atomic E-state index is 0.204. The lowest BCUT2D eigenvalue weighted by molar-refractivity contribution is 0.0812. The molecule has 8 heteroatoms. The van der Waals surface area contributed by atoms with Gasteiger partial charge in [-0.15, -0.1) is 0 Å². The van der Waals surface area contributed by atoms with Crippen molar-refractivity contribution in [1.82, 2.24) is 10.3 Å². The van der Waals surface area contributed by atoms with Gasteiger partial charge in [0.15, 0.2) is 11.6 Å². The van der Waals surface area contributed by atoms with Gasteiger partial charge >= 0.3 is 0 Å². The fourth-order valence-corrected chi connectivity index (χ4v) is 3.34. The third-order valence-corrected chi connectivity index (χ3v) is 5.11. The van der Waals surface area contributed by atoms with E-state index in [2.05, 4.69) is 10.3 Å². The van der Waals surface area contributed by atoms with Crippen LogP contribution in [0.25, 0.3) is 5.57 Å². The number of nitrogens with zero attached hydrogens (tertiary/aromatic N) is 1. The van der Waals surface area contributed by atoms with Crippen molar-refractivity contribution >= 4 is 29.2 Å². The normalized spacial score (nSPS) is 16.3. The predicted molar refractivity (Wildman–Crippen MR) is 113 cm³/mol. The fourth-order valence-electron chi connectivity index (χ4n) is 3.07. The van der Waals surface area contributed by atoms with Crippen LogP contribution in [0.1, 0.15) is 37.0 Å². The lowest BCUT2D eigenvalue weighted by atomic mass is 10.1. The molecule has 6 nitrogen and oxygen atoms in total. The topological polar surface area (TPSA) is 93.2 Å². The molecule has 2 heterocycles. The Kier molecular flexibility index (Phi) is 7.06. The van der Waals surface area contributed by atoms with E-state index in [9.17, 15) is 4.39 Å². The van der Waals surface area contributed by atoms with Crippen molar-refractivity contribution in [2.45, 2.75) is 31.9 Å². The van der Waals surface area contributed by atoms with E-state index in [0.29, 0.717) is 33.5 Å². The van der Waals surface area contributed by atoms with Gasteiger partial charge in [0, 0.05) is 59.6 Å². The largest absolute Gasteiger partial charge is 0.482 e. The van der Waals surface area contributed by atoms with Crippen molar-refractivity contribution in [2.75, 3.05) is 18.9 Å². The summed E-state index contributed by atoms with van der Waals surface area (Å²) in [5.41, 5.74) is 7.81. The van der Waals surface area contributed by atoms with Gasteiger partial charge in [-0.25, -0.2) is 9.37 Å². The number of allylic oxidation sites excluding steroid dienone is 1. The Bertz CT molecular complexity index is 900. The summed E-state index contributed by atoms with van der Waals surface area (Å²) in [5.74, 6) is 0.150. The summed E-state index contributed by atoms with van der Waals surface area (Å²) in [7, 11) is 0. The zero-order valence-electron chi connectivity index (χ0n) is 16.1. The molecule has 1 fully saturated rings. The molecule has 3 rings (SSSR count). The van der Waals surface area contributed by atoms with Gasteiger partial charge in [0.2, 0.25) is 0 Å². The second-order valence-electron chi connectivity index (χ2n) is 6.83. The summed E-state index contributed by atoms with van der Waals surface area (Å²) in [5, 5.41) is 11.5. The first-order valence-electron chi connectivity index (χ1n) is 9.40. The molecule has 1 atom stereocenters. The molecule has 29 heavy (non-hydrogen) atoms. The van der Waals surface area contributed by atoms with Crippen LogP contribution in [0.3, 0.4) is 0 Å². The first kappa shape index (κ1) is 21.1.